The van der Waals surface area contributed by atoms with Gasteiger partial charge in [0.25, 0.3) is 0 Å². The van der Waals surface area contributed by atoms with Gasteiger partial charge in [-0.2, -0.15) is 0 Å². The SMILES string of the molecule is CCCC(C)(C)Cc1cc(COc2ccc3c(c2)CCC3)ccc1-c1cc(OC)ccc1F. The number of hydrogen-bond acceptors (Lipinski definition) is 2. The average Bonchev–Trinajstić information content (AvgIpc) is 3.26. The second kappa shape index (κ2) is 9.99. The highest BCUT2D eigenvalue weighted by atomic mass is 19.1. The molecule has 174 valence electrons. The molecule has 2 nitrogen and oxygen atoms in total. The van der Waals surface area contributed by atoms with E-state index in [-0.39, 0.29) is 11.2 Å². The van der Waals surface area contributed by atoms with E-state index in [0.717, 1.165) is 48.1 Å². The lowest BCUT2D eigenvalue weighted by atomic mass is 9.79. The Morgan fingerprint density at radius 2 is 1.67 bits per heavy atom. The maximum Gasteiger partial charge on any atom is 0.131 e. The standard InChI is InChI=1S/C30H35FO2/c1-5-15-30(2,3)19-24-16-21(20-33-26-11-10-22-7-6-8-23(22)17-26)9-13-27(24)28-18-25(32-4)12-14-29(28)31/h9-14,16-18H,5-8,15,19-20H2,1-4H3. The third kappa shape index (κ3) is 5.58. The number of benzene rings is 3. The van der Waals surface area contributed by atoms with Crippen molar-refractivity contribution in [1.29, 1.82) is 0 Å². The van der Waals surface area contributed by atoms with Gasteiger partial charge >= 0.3 is 0 Å². The van der Waals surface area contributed by atoms with Gasteiger partial charge in [0.2, 0.25) is 0 Å². The van der Waals surface area contributed by atoms with E-state index in [0.29, 0.717) is 17.9 Å². The van der Waals surface area contributed by atoms with Crippen molar-refractivity contribution in [2.75, 3.05) is 7.11 Å². The van der Waals surface area contributed by atoms with Crippen molar-refractivity contribution in [3.05, 3.63) is 82.7 Å². The normalized spacial score (nSPS) is 13.1. The lowest BCUT2D eigenvalue weighted by Crippen LogP contribution is -2.15. The summed E-state index contributed by atoms with van der Waals surface area (Å²) in [6, 6.07) is 17.7. The molecule has 0 aromatic heterocycles. The Hall–Kier alpha value is -2.81. The summed E-state index contributed by atoms with van der Waals surface area (Å²) in [5.74, 6) is 1.35. The van der Waals surface area contributed by atoms with Crippen LogP contribution in [-0.4, -0.2) is 7.11 Å². The van der Waals surface area contributed by atoms with E-state index in [2.05, 4.69) is 51.1 Å². The Bertz CT molecular complexity index is 1120. The van der Waals surface area contributed by atoms with Crippen molar-refractivity contribution < 1.29 is 13.9 Å². The summed E-state index contributed by atoms with van der Waals surface area (Å²) in [6.45, 7) is 7.29. The Kier molecular flexibility index (Phi) is 7.07. The van der Waals surface area contributed by atoms with E-state index in [1.165, 1.54) is 30.0 Å². The Balaban J connectivity index is 1.63. The molecule has 0 amide bonds. The smallest absolute Gasteiger partial charge is 0.131 e. The summed E-state index contributed by atoms with van der Waals surface area (Å²) >= 11 is 0. The zero-order chi connectivity index (χ0) is 23.4. The van der Waals surface area contributed by atoms with Crippen LogP contribution in [0.25, 0.3) is 11.1 Å². The summed E-state index contributed by atoms with van der Waals surface area (Å²) < 4.78 is 26.4. The van der Waals surface area contributed by atoms with Gasteiger partial charge in [0, 0.05) is 5.56 Å². The Morgan fingerprint density at radius 1 is 0.879 bits per heavy atom. The molecule has 0 radical (unpaired) electrons. The molecule has 3 heteroatoms. The fourth-order valence-corrected chi connectivity index (χ4v) is 5.07. The highest BCUT2D eigenvalue weighted by molar-refractivity contribution is 5.70. The maximum atomic E-state index is 14.9. The van der Waals surface area contributed by atoms with Crippen molar-refractivity contribution in [2.24, 2.45) is 5.41 Å². The number of ether oxygens (including phenoxy) is 2. The molecule has 0 aliphatic heterocycles. The van der Waals surface area contributed by atoms with Gasteiger partial charge in [-0.3, -0.25) is 0 Å². The Morgan fingerprint density at radius 3 is 2.45 bits per heavy atom. The van der Waals surface area contributed by atoms with Crippen molar-refractivity contribution in [1.82, 2.24) is 0 Å². The zero-order valence-corrected chi connectivity index (χ0v) is 20.3. The monoisotopic (exact) mass is 446 g/mol. The van der Waals surface area contributed by atoms with Crippen LogP contribution in [0.3, 0.4) is 0 Å². The van der Waals surface area contributed by atoms with E-state index in [1.54, 1.807) is 19.2 Å². The van der Waals surface area contributed by atoms with Gasteiger partial charge in [-0.1, -0.05) is 51.5 Å². The van der Waals surface area contributed by atoms with Gasteiger partial charge in [0.15, 0.2) is 0 Å². The molecule has 4 rings (SSSR count). The van der Waals surface area contributed by atoms with Crippen LogP contribution in [-0.2, 0) is 25.9 Å². The molecule has 3 aromatic rings. The number of rotatable bonds is 9. The van der Waals surface area contributed by atoms with Gasteiger partial charge in [0.05, 0.1) is 7.11 Å². The van der Waals surface area contributed by atoms with Crippen molar-refractivity contribution in [3.63, 3.8) is 0 Å². The highest BCUT2D eigenvalue weighted by Gasteiger charge is 2.21. The van der Waals surface area contributed by atoms with Crippen LogP contribution in [0.1, 0.15) is 62.3 Å². The number of halogens is 1. The van der Waals surface area contributed by atoms with E-state index in [9.17, 15) is 4.39 Å². The van der Waals surface area contributed by atoms with Gasteiger partial charge in [-0.05, 0) is 95.7 Å². The van der Waals surface area contributed by atoms with Gasteiger partial charge in [-0.25, -0.2) is 4.39 Å². The van der Waals surface area contributed by atoms with Crippen LogP contribution in [0.2, 0.25) is 0 Å². The summed E-state index contributed by atoms with van der Waals surface area (Å²) in [4.78, 5) is 0. The predicted molar refractivity (Wildman–Crippen MR) is 134 cm³/mol. The minimum Gasteiger partial charge on any atom is -0.497 e. The van der Waals surface area contributed by atoms with E-state index >= 15 is 0 Å². The third-order valence-electron chi connectivity index (χ3n) is 6.70. The molecule has 0 fully saturated rings. The first-order valence-corrected chi connectivity index (χ1v) is 12.1. The van der Waals surface area contributed by atoms with Crippen LogP contribution >= 0.6 is 0 Å². The van der Waals surface area contributed by atoms with Gasteiger partial charge in [-0.15, -0.1) is 0 Å². The minimum atomic E-state index is -0.229. The minimum absolute atomic E-state index is 0.123. The van der Waals surface area contributed by atoms with Crippen LogP contribution in [0.15, 0.2) is 54.6 Å². The first-order valence-electron chi connectivity index (χ1n) is 12.1. The van der Waals surface area contributed by atoms with Gasteiger partial charge < -0.3 is 9.47 Å². The Labute approximate surface area is 197 Å². The molecule has 0 spiro atoms. The number of aryl methyl sites for hydroxylation is 2. The summed E-state index contributed by atoms with van der Waals surface area (Å²) in [5, 5.41) is 0. The topological polar surface area (TPSA) is 18.5 Å². The average molecular weight is 447 g/mol. The summed E-state index contributed by atoms with van der Waals surface area (Å²) in [6.07, 6.45) is 6.66. The molecule has 3 aromatic carbocycles. The fourth-order valence-electron chi connectivity index (χ4n) is 5.07. The third-order valence-corrected chi connectivity index (χ3v) is 6.70. The molecule has 0 saturated carbocycles. The second-order valence-corrected chi connectivity index (χ2v) is 10.0. The second-order valence-electron chi connectivity index (χ2n) is 10.0. The largest absolute Gasteiger partial charge is 0.497 e. The lowest BCUT2D eigenvalue weighted by molar-refractivity contribution is 0.305. The first kappa shape index (κ1) is 23.4. The van der Waals surface area contributed by atoms with Gasteiger partial charge in [0.1, 0.15) is 23.9 Å². The van der Waals surface area contributed by atoms with E-state index in [4.69, 9.17) is 9.47 Å². The maximum absolute atomic E-state index is 14.9. The molecular weight excluding hydrogens is 411 g/mol. The van der Waals surface area contributed by atoms with Crippen molar-refractivity contribution in [2.45, 2.75) is 65.9 Å². The van der Waals surface area contributed by atoms with Crippen LogP contribution in [0.4, 0.5) is 4.39 Å². The number of hydrogen-bond donors (Lipinski definition) is 0. The molecule has 33 heavy (non-hydrogen) atoms. The van der Waals surface area contributed by atoms with Crippen molar-refractivity contribution >= 4 is 0 Å². The molecule has 1 aliphatic rings. The molecule has 0 saturated heterocycles. The predicted octanol–water partition coefficient (Wildman–Crippen LogP) is 7.94. The zero-order valence-electron chi connectivity index (χ0n) is 20.3. The molecular formula is C30H35FO2. The summed E-state index contributed by atoms with van der Waals surface area (Å²) in [5.41, 5.74) is 6.75. The quantitative estimate of drug-likeness (QED) is 0.332. The van der Waals surface area contributed by atoms with Crippen LogP contribution in [0, 0.1) is 11.2 Å². The summed E-state index contributed by atoms with van der Waals surface area (Å²) in [7, 11) is 1.61. The fraction of sp³-hybridized carbons (Fsp3) is 0.400. The molecule has 0 heterocycles. The number of fused-ring (bicyclic) bond motifs is 1. The lowest BCUT2D eigenvalue weighted by Gasteiger charge is -2.26. The van der Waals surface area contributed by atoms with E-state index < -0.39 is 0 Å². The number of methoxy groups -OCH3 is 1. The molecule has 0 unspecified atom stereocenters. The van der Waals surface area contributed by atoms with Crippen LogP contribution in [0.5, 0.6) is 11.5 Å². The molecule has 1 aliphatic carbocycles. The highest BCUT2D eigenvalue weighted by Crippen LogP contribution is 2.36. The molecule has 0 bridgehead atoms. The molecule has 0 atom stereocenters. The van der Waals surface area contributed by atoms with E-state index in [1.807, 2.05) is 6.07 Å². The van der Waals surface area contributed by atoms with Crippen LogP contribution < -0.4 is 9.47 Å². The first-order chi connectivity index (χ1) is 15.9. The molecule has 0 N–H and O–H groups in total. The van der Waals surface area contributed by atoms with Crippen molar-refractivity contribution in [3.8, 4) is 22.6 Å².